The van der Waals surface area contributed by atoms with Crippen molar-refractivity contribution >= 4 is 5.91 Å². The van der Waals surface area contributed by atoms with Crippen LogP contribution in [0.1, 0.15) is 51.2 Å². The number of nitrogens with one attached hydrogen (secondary N) is 1. The molecule has 0 aromatic heterocycles. The van der Waals surface area contributed by atoms with Crippen LogP contribution in [0.3, 0.4) is 0 Å². The summed E-state index contributed by atoms with van der Waals surface area (Å²) in [6.45, 7) is 8.75. The van der Waals surface area contributed by atoms with Gasteiger partial charge in [0.1, 0.15) is 11.3 Å². The number of rotatable bonds is 1. The first-order valence-electron chi connectivity index (χ1n) is 9.69. The summed E-state index contributed by atoms with van der Waals surface area (Å²) in [6.07, 6.45) is 3.86. The Kier molecular flexibility index (Phi) is 2.88. The van der Waals surface area contributed by atoms with Gasteiger partial charge in [0, 0.05) is 18.0 Å². The highest BCUT2D eigenvalue weighted by Gasteiger charge is 2.66. The van der Waals surface area contributed by atoms with Crippen molar-refractivity contribution in [2.24, 2.45) is 11.3 Å². The number of phenolic OH excluding ortho intramolecular Hbond substituents is 1. The molecule has 1 amide bonds. The SMILES string of the molecule is CC1(C)[C@H]2Cc3c(O)cccc3[C@]1(C)CCN2C(=O)[C@]12C[C@H]1CCN2. The molecule has 4 nitrogen and oxygen atoms in total. The van der Waals surface area contributed by atoms with Gasteiger partial charge in [-0.15, -0.1) is 0 Å². The number of carbonyl (C=O) groups is 1. The van der Waals surface area contributed by atoms with Crippen LogP contribution in [-0.2, 0) is 16.6 Å². The van der Waals surface area contributed by atoms with Gasteiger partial charge in [0.2, 0.25) is 5.91 Å². The fourth-order valence-electron chi connectivity index (χ4n) is 6.13. The third kappa shape index (κ3) is 1.74. The van der Waals surface area contributed by atoms with Crippen molar-refractivity contribution in [1.82, 2.24) is 10.2 Å². The summed E-state index contributed by atoms with van der Waals surface area (Å²) in [5, 5.41) is 14.0. The van der Waals surface area contributed by atoms with Crippen LogP contribution < -0.4 is 5.32 Å². The molecule has 2 saturated heterocycles. The number of fused-ring (bicyclic) bond motifs is 5. The van der Waals surface area contributed by atoms with Crippen LogP contribution in [0.15, 0.2) is 18.2 Å². The summed E-state index contributed by atoms with van der Waals surface area (Å²) in [4.78, 5) is 15.6. The molecule has 2 N–H and O–H groups in total. The van der Waals surface area contributed by atoms with Gasteiger partial charge in [0.25, 0.3) is 0 Å². The Morgan fingerprint density at radius 3 is 2.80 bits per heavy atom. The summed E-state index contributed by atoms with van der Waals surface area (Å²) in [6, 6.07) is 6.08. The van der Waals surface area contributed by atoms with Crippen LogP contribution in [0, 0.1) is 11.3 Å². The van der Waals surface area contributed by atoms with Crippen molar-refractivity contribution < 1.29 is 9.90 Å². The molecule has 2 aliphatic carbocycles. The minimum absolute atomic E-state index is 0.00943. The van der Waals surface area contributed by atoms with Gasteiger partial charge in [-0.2, -0.15) is 0 Å². The third-order valence-electron chi connectivity index (χ3n) is 8.31. The second-order valence-corrected chi connectivity index (χ2v) is 9.41. The smallest absolute Gasteiger partial charge is 0.243 e. The van der Waals surface area contributed by atoms with Gasteiger partial charge in [0.15, 0.2) is 0 Å². The molecule has 25 heavy (non-hydrogen) atoms. The molecule has 0 radical (unpaired) electrons. The Labute approximate surface area is 149 Å². The number of aromatic hydroxyl groups is 1. The van der Waals surface area contributed by atoms with E-state index in [2.05, 4.69) is 37.1 Å². The summed E-state index contributed by atoms with van der Waals surface area (Å²) in [5.41, 5.74) is 2.05. The Balaban J connectivity index is 1.58. The van der Waals surface area contributed by atoms with E-state index in [0.29, 0.717) is 17.6 Å². The predicted octanol–water partition coefficient (Wildman–Crippen LogP) is 2.59. The zero-order valence-corrected chi connectivity index (χ0v) is 15.4. The lowest BCUT2D eigenvalue weighted by atomic mass is 9.51. The number of piperidine rings is 2. The second kappa shape index (κ2) is 4.59. The Hall–Kier alpha value is -1.55. The van der Waals surface area contributed by atoms with E-state index in [1.165, 1.54) is 5.56 Å². The minimum atomic E-state index is -0.261. The maximum Gasteiger partial charge on any atom is 0.243 e. The zero-order valence-electron chi connectivity index (χ0n) is 15.4. The van der Waals surface area contributed by atoms with Crippen molar-refractivity contribution in [2.75, 3.05) is 13.1 Å². The molecule has 1 aromatic rings. The van der Waals surface area contributed by atoms with E-state index in [4.69, 9.17) is 0 Å². The molecule has 4 atom stereocenters. The molecular weight excluding hydrogens is 312 g/mol. The summed E-state index contributed by atoms with van der Waals surface area (Å²) >= 11 is 0. The average molecular weight is 340 g/mol. The van der Waals surface area contributed by atoms with Gasteiger partial charge in [-0.25, -0.2) is 0 Å². The molecule has 5 rings (SSSR count). The molecule has 2 heterocycles. The highest BCUT2D eigenvalue weighted by atomic mass is 16.3. The highest BCUT2D eigenvalue weighted by molar-refractivity contribution is 5.91. The van der Waals surface area contributed by atoms with E-state index in [1.54, 1.807) is 6.07 Å². The summed E-state index contributed by atoms with van der Waals surface area (Å²) < 4.78 is 0. The second-order valence-electron chi connectivity index (χ2n) is 9.41. The molecule has 4 heteroatoms. The molecule has 134 valence electrons. The van der Waals surface area contributed by atoms with Crippen molar-refractivity contribution in [1.29, 1.82) is 0 Å². The van der Waals surface area contributed by atoms with Crippen molar-refractivity contribution in [3.8, 4) is 5.75 Å². The molecule has 2 aliphatic heterocycles. The molecule has 1 aromatic carbocycles. The van der Waals surface area contributed by atoms with Gasteiger partial charge in [-0.05, 0) is 60.8 Å². The van der Waals surface area contributed by atoms with Crippen LogP contribution in [0.25, 0.3) is 0 Å². The van der Waals surface area contributed by atoms with Crippen molar-refractivity contribution in [3.63, 3.8) is 0 Å². The number of hydrogen-bond acceptors (Lipinski definition) is 3. The monoisotopic (exact) mass is 340 g/mol. The third-order valence-corrected chi connectivity index (χ3v) is 8.31. The lowest BCUT2D eigenvalue weighted by Crippen LogP contribution is -2.67. The van der Waals surface area contributed by atoms with Crippen LogP contribution >= 0.6 is 0 Å². The summed E-state index contributed by atoms with van der Waals surface area (Å²) in [7, 11) is 0. The lowest BCUT2D eigenvalue weighted by Gasteiger charge is -2.61. The standard InChI is InChI=1S/C21H28N2O2/c1-19(2)17-11-14-15(5-4-6-16(14)24)20(19,3)8-10-23(17)18(25)21-12-13(21)7-9-22-21/h4-6,13,17,22,24H,7-12H2,1-3H3/t13-,17-,20+,21+/m1/s1. The minimum Gasteiger partial charge on any atom is -0.508 e. The largest absolute Gasteiger partial charge is 0.508 e. The zero-order chi connectivity index (χ0) is 17.6. The first kappa shape index (κ1) is 15.7. The normalized spacial score (nSPS) is 40.4. The Bertz CT molecular complexity index is 773. The number of likely N-dealkylation sites (tertiary alicyclic amines) is 1. The fourth-order valence-corrected chi connectivity index (χ4v) is 6.13. The van der Waals surface area contributed by atoms with Crippen LogP contribution in [0.5, 0.6) is 5.75 Å². The number of benzene rings is 1. The molecule has 4 aliphatic rings. The van der Waals surface area contributed by atoms with Crippen LogP contribution in [0.2, 0.25) is 0 Å². The molecule has 0 spiro atoms. The van der Waals surface area contributed by atoms with Crippen molar-refractivity contribution in [3.05, 3.63) is 29.3 Å². The van der Waals surface area contributed by atoms with Gasteiger partial charge in [-0.1, -0.05) is 32.9 Å². The van der Waals surface area contributed by atoms with E-state index in [1.807, 2.05) is 6.07 Å². The Morgan fingerprint density at radius 2 is 2.12 bits per heavy atom. The molecule has 2 bridgehead atoms. The number of amides is 1. The lowest BCUT2D eigenvalue weighted by molar-refractivity contribution is -0.147. The van der Waals surface area contributed by atoms with Crippen LogP contribution in [-0.4, -0.2) is 40.6 Å². The van der Waals surface area contributed by atoms with Gasteiger partial charge in [0.05, 0.1) is 0 Å². The quantitative estimate of drug-likeness (QED) is 0.826. The van der Waals surface area contributed by atoms with Gasteiger partial charge < -0.3 is 15.3 Å². The van der Waals surface area contributed by atoms with E-state index < -0.39 is 0 Å². The topological polar surface area (TPSA) is 52.6 Å². The highest BCUT2D eigenvalue weighted by Crippen LogP contribution is 2.59. The fraction of sp³-hybridized carbons (Fsp3) is 0.667. The maximum atomic E-state index is 13.5. The predicted molar refractivity (Wildman–Crippen MR) is 96.5 cm³/mol. The van der Waals surface area contributed by atoms with Crippen molar-refractivity contribution in [2.45, 2.75) is 63.5 Å². The van der Waals surface area contributed by atoms with E-state index in [0.717, 1.165) is 44.3 Å². The molecule has 0 unspecified atom stereocenters. The number of carbonyl (C=O) groups excluding carboxylic acids is 1. The molecule has 1 saturated carbocycles. The van der Waals surface area contributed by atoms with Gasteiger partial charge in [-0.3, -0.25) is 4.79 Å². The first-order chi connectivity index (χ1) is 11.8. The van der Waals surface area contributed by atoms with E-state index >= 15 is 0 Å². The van der Waals surface area contributed by atoms with E-state index in [9.17, 15) is 9.90 Å². The number of phenols is 1. The van der Waals surface area contributed by atoms with Gasteiger partial charge >= 0.3 is 0 Å². The number of nitrogens with zero attached hydrogens (tertiary/aromatic N) is 1. The number of hydrogen-bond donors (Lipinski definition) is 2. The maximum absolute atomic E-state index is 13.5. The summed E-state index contributed by atoms with van der Waals surface area (Å²) in [5.74, 6) is 1.25. The van der Waals surface area contributed by atoms with E-state index in [-0.39, 0.29) is 22.4 Å². The molecular formula is C21H28N2O2. The molecule has 3 fully saturated rings. The first-order valence-corrected chi connectivity index (χ1v) is 9.69. The van der Waals surface area contributed by atoms with Crippen LogP contribution in [0.4, 0.5) is 0 Å². The Morgan fingerprint density at radius 1 is 1.32 bits per heavy atom. The average Bonchev–Trinajstić information content (AvgIpc) is 3.12.